The van der Waals surface area contributed by atoms with Crippen LogP contribution in [0.1, 0.15) is 11.4 Å². The lowest BCUT2D eigenvalue weighted by Gasteiger charge is -2.00. The second kappa shape index (κ2) is 3.34. The molecule has 2 heterocycles. The minimum atomic E-state index is -4.42. The van der Waals surface area contributed by atoms with Crippen molar-refractivity contribution in [1.82, 2.24) is 14.8 Å². The molecule has 15 heavy (non-hydrogen) atoms. The molecular weight excluding hydrogens is 227 g/mol. The van der Waals surface area contributed by atoms with E-state index in [-0.39, 0.29) is 0 Å². The number of aromatic nitrogens is 3. The van der Waals surface area contributed by atoms with Crippen LogP contribution in [0, 0.1) is 12.3 Å². The van der Waals surface area contributed by atoms with Gasteiger partial charge < -0.3 is 0 Å². The van der Waals surface area contributed by atoms with Crippen LogP contribution in [0.25, 0.3) is 5.13 Å². The average molecular weight is 232 g/mol. The lowest BCUT2D eigenvalue weighted by molar-refractivity contribution is -0.141. The number of nitrogens with zero attached hydrogens (tertiary/aromatic N) is 3. The maximum Gasteiger partial charge on any atom is 0.435 e. The van der Waals surface area contributed by atoms with Gasteiger partial charge >= 0.3 is 6.18 Å². The summed E-state index contributed by atoms with van der Waals surface area (Å²) in [4.78, 5) is 3.84. The Balaban J connectivity index is 2.47. The fourth-order valence-corrected chi connectivity index (χ4v) is 1.68. The molecule has 0 aliphatic carbocycles. The van der Waals surface area contributed by atoms with E-state index in [1.807, 2.05) is 0 Å². The van der Waals surface area contributed by atoms with Gasteiger partial charge in [-0.15, -0.1) is 0 Å². The van der Waals surface area contributed by atoms with Gasteiger partial charge in [-0.05, 0) is 13.0 Å². The molecule has 0 unspecified atom stereocenters. The maximum absolute atomic E-state index is 12.3. The number of rotatable bonds is 1. The third kappa shape index (κ3) is 1.87. The van der Waals surface area contributed by atoms with E-state index >= 15 is 0 Å². The Morgan fingerprint density at radius 1 is 1.47 bits per heavy atom. The Bertz CT molecular complexity index is 458. The molecule has 0 saturated carbocycles. The second-order valence-electron chi connectivity index (χ2n) is 2.84. The molecule has 2 aromatic rings. The number of thiazole rings is 1. The molecular formula is C8H5F3N3S. The molecule has 0 aliphatic rings. The van der Waals surface area contributed by atoms with Crippen molar-refractivity contribution >= 4 is 11.3 Å². The van der Waals surface area contributed by atoms with E-state index in [2.05, 4.69) is 15.5 Å². The fourth-order valence-electron chi connectivity index (χ4n) is 1.09. The molecule has 2 aromatic heterocycles. The van der Waals surface area contributed by atoms with Crippen LogP contribution in [-0.4, -0.2) is 14.8 Å². The molecule has 0 saturated heterocycles. The fraction of sp³-hybridized carbons (Fsp3) is 0.250. The summed E-state index contributed by atoms with van der Waals surface area (Å²) in [6, 6.07) is 0.988. The first-order valence-corrected chi connectivity index (χ1v) is 4.76. The van der Waals surface area contributed by atoms with Crippen molar-refractivity contribution in [3.05, 3.63) is 29.0 Å². The van der Waals surface area contributed by atoms with E-state index in [1.165, 1.54) is 6.20 Å². The van der Waals surface area contributed by atoms with E-state index in [9.17, 15) is 13.2 Å². The summed E-state index contributed by atoms with van der Waals surface area (Å²) in [6.07, 6.45) is -3.02. The number of halogens is 3. The zero-order valence-corrected chi connectivity index (χ0v) is 8.35. The monoisotopic (exact) mass is 232 g/mol. The van der Waals surface area contributed by atoms with Gasteiger partial charge in [0.1, 0.15) is 0 Å². The van der Waals surface area contributed by atoms with Gasteiger partial charge in [-0.2, -0.15) is 18.3 Å². The topological polar surface area (TPSA) is 30.7 Å². The van der Waals surface area contributed by atoms with Gasteiger partial charge in [0.15, 0.2) is 5.69 Å². The highest BCUT2D eigenvalue weighted by molar-refractivity contribution is 7.11. The Kier molecular flexibility index (Phi) is 2.26. The summed E-state index contributed by atoms with van der Waals surface area (Å²) in [5, 5.41) is 6.51. The standard InChI is InChI=1S/C8H5F3N3S/c1-5-4-6(8(9,10)11)13-14(5)7-12-2-3-15-7/h2,4H,1H3. The van der Waals surface area contributed by atoms with E-state index in [0.29, 0.717) is 10.8 Å². The minimum absolute atomic E-state index is 0.378. The highest BCUT2D eigenvalue weighted by Gasteiger charge is 2.34. The summed E-state index contributed by atoms with van der Waals surface area (Å²) in [7, 11) is 0. The smallest absolute Gasteiger partial charge is 0.226 e. The third-order valence-electron chi connectivity index (χ3n) is 1.74. The van der Waals surface area contributed by atoms with Crippen LogP contribution in [0.2, 0.25) is 0 Å². The zero-order valence-electron chi connectivity index (χ0n) is 7.54. The van der Waals surface area contributed by atoms with Gasteiger partial charge in [-0.25, -0.2) is 9.67 Å². The predicted molar refractivity (Wildman–Crippen MR) is 47.8 cm³/mol. The molecule has 0 aromatic carbocycles. The van der Waals surface area contributed by atoms with Gasteiger partial charge in [-0.1, -0.05) is 11.3 Å². The van der Waals surface area contributed by atoms with E-state index in [4.69, 9.17) is 0 Å². The summed E-state index contributed by atoms with van der Waals surface area (Å²) >= 11 is 1.11. The third-order valence-corrected chi connectivity index (χ3v) is 2.42. The summed E-state index contributed by atoms with van der Waals surface area (Å²) in [5.74, 6) is 0. The SMILES string of the molecule is Cc1cc(C(F)(F)F)nn1-c1nc[c]s1. The van der Waals surface area contributed by atoms with Crippen molar-refractivity contribution in [2.24, 2.45) is 0 Å². The zero-order chi connectivity index (χ0) is 11.1. The summed E-state index contributed by atoms with van der Waals surface area (Å²) in [5.41, 5.74) is -0.513. The number of alkyl halides is 3. The second-order valence-corrected chi connectivity index (χ2v) is 3.65. The van der Waals surface area contributed by atoms with E-state index in [0.717, 1.165) is 22.1 Å². The van der Waals surface area contributed by atoms with Crippen LogP contribution in [0.15, 0.2) is 12.3 Å². The summed E-state index contributed by atoms with van der Waals surface area (Å²) in [6.45, 7) is 1.55. The Morgan fingerprint density at radius 3 is 2.67 bits per heavy atom. The Morgan fingerprint density at radius 2 is 2.20 bits per heavy atom. The Hall–Kier alpha value is -1.37. The van der Waals surface area contributed by atoms with Gasteiger partial charge in [0.2, 0.25) is 5.13 Å². The molecule has 7 heteroatoms. The van der Waals surface area contributed by atoms with Crippen LogP contribution in [0.3, 0.4) is 0 Å². The lowest BCUT2D eigenvalue weighted by Crippen LogP contribution is -2.07. The van der Waals surface area contributed by atoms with Crippen molar-refractivity contribution < 1.29 is 13.2 Å². The quantitative estimate of drug-likeness (QED) is 0.756. The molecule has 0 N–H and O–H groups in total. The van der Waals surface area contributed by atoms with Crippen molar-refractivity contribution in [2.75, 3.05) is 0 Å². The van der Waals surface area contributed by atoms with E-state index < -0.39 is 11.9 Å². The first kappa shape index (κ1) is 10.2. The van der Waals surface area contributed by atoms with E-state index in [1.54, 1.807) is 6.92 Å². The minimum Gasteiger partial charge on any atom is -0.226 e. The van der Waals surface area contributed by atoms with Crippen LogP contribution in [0.5, 0.6) is 0 Å². The van der Waals surface area contributed by atoms with Crippen LogP contribution in [-0.2, 0) is 6.18 Å². The van der Waals surface area contributed by atoms with Gasteiger partial charge in [0, 0.05) is 11.9 Å². The first-order valence-electron chi connectivity index (χ1n) is 3.94. The highest BCUT2D eigenvalue weighted by atomic mass is 32.1. The maximum atomic E-state index is 12.3. The molecule has 0 spiro atoms. The molecule has 0 amide bonds. The Labute approximate surface area is 87.2 Å². The van der Waals surface area contributed by atoms with Crippen LogP contribution in [0.4, 0.5) is 13.2 Å². The predicted octanol–water partition coefficient (Wildman–Crippen LogP) is 2.46. The normalized spacial score (nSPS) is 12.0. The molecule has 0 bridgehead atoms. The van der Waals surface area contributed by atoms with Gasteiger partial charge in [0.25, 0.3) is 0 Å². The van der Waals surface area contributed by atoms with Gasteiger partial charge in [0.05, 0.1) is 5.38 Å². The van der Waals surface area contributed by atoms with Crippen LogP contribution < -0.4 is 0 Å². The van der Waals surface area contributed by atoms with Gasteiger partial charge in [-0.3, -0.25) is 0 Å². The molecule has 0 fully saturated rings. The molecule has 1 radical (unpaired) electrons. The van der Waals surface area contributed by atoms with Crippen molar-refractivity contribution in [1.29, 1.82) is 0 Å². The molecule has 3 nitrogen and oxygen atoms in total. The molecule has 2 rings (SSSR count). The molecule has 0 atom stereocenters. The summed E-state index contributed by atoms with van der Waals surface area (Å²) < 4.78 is 38.1. The average Bonchev–Trinajstić information content (AvgIpc) is 2.69. The number of aryl methyl sites for hydroxylation is 1. The molecule has 0 aliphatic heterocycles. The molecule has 79 valence electrons. The largest absolute Gasteiger partial charge is 0.435 e. The van der Waals surface area contributed by atoms with Crippen molar-refractivity contribution in [3.63, 3.8) is 0 Å². The first-order chi connectivity index (χ1) is 6.98. The number of hydrogen-bond donors (Lipinski definition) is 0. The number of hydrogen-bond acceptors (Lipinski definition) is 3. The lowest BCUT2D eigenvalue weighted by atomic mass is 10.4. The van der Waals surface area contributed by atoms with Crippen molar-refractivity contribution in [3.8, 4) is 5.13 Å². The highest BCUT2D eigenvalue weighted by Crippen LogP contribution is 2.29. The van der Waals surface area contributed by atoms with Crippen molar-refractivity contribution in [2.45, 2.75) is 13.1 Å². The van der Waals surface area contributed by atoms with Crippen LogP contribution >= 0.6 is 11.3 Å².